The molecule has 21 heavy (non-hydrogen) atoms. The third-order valence-corrected chi connectivity index (χ3v) is 6.33. The molecule has 4 nitrogen and oxygen atoms in total. The molecule has 118 valence electrons. The van der Waals surface area contributed by atoms with Gasteiger partial charge in [-0.25, -0.2) is 13.1 Å². The van der Waals surface area contributed by atoms with E-state index in [0.29, 0.717) is 10.2 Å². The molecule has 1 N–H and O–H groups in total. The number of ether oxygens (including phenoxy) is 1. The summed E-state index contributed by atoms with van der Waals surface area (Å²) in [5.41, 5.74) is -0.00494. The highest BCUT2D eigenvalue weighted by atomic mass is 79.9. The number of methoxy groups -OCH3 is 1. The van der Waals surface area contributed by atoms with E-state index in [1.807, 2.05) is 0 Å². The van der Waals surface area contributed by atoms with Crippen LogP contribution < -0.4 is 9.46 Å². The van der Waals surface area contributed by atoms with Gasteiger partial charge in [0.1, 0.15) is 5.75 Å². The van der Waals surface area contributed by atoms with Gasteiger partial charge in [0.05, 0.1) is 16.5 Å². The molecule has 1 aliphatic rings. The zero-order valence-electron chi connectivity index (χ0n) is 12.6. The van der Waals surface area contributed by atoms with Crippen molar-refractivity contribution >= 4 is 26.0 Å². The maximum absolute atomic E-state index is 12.6. The fraction of sp³-hybridized carbons (Fsp3) is 0.600. The number of halogens is 1. The molecule has 0 spiro atoms. The quantitative estimate of drug-likeness (QED) is 0.872. The molecule has 0 amide bonds. The molecule has 0 bridgehead atoms. The first-order valence-electron chi connectivity index (χ1n) is 7.12. The predicted molar refractivity (Wildman–Crippen MR) is 87.1 cm³/mol. The van der Waals surface area contributed by atoms with Gasteiger partial charge in [0, 0.05) is 6.04 Å². The molecule has 6 heteroatoms. The Morgan fingerprint density at radius 3 is 2.62 bits per heavy atom. The van der Waals surface area contributed by atoms with Crippen LogP contribution in [0.5, 0.6) is 5.75 Å². The number of rotatable bonds is 4. The number of hydrogen-bond donors (Lipinski definition) is 1. The maximum Gasteiger partial charge on any atom is 0.240 e. The van der Waals surface area contributed by atoms with Crippen LogP contribution in [-0.4, -0.2) is 21.6 Å². The summed E-state index contributed by atoms with van der Waals surface area (Å²) in [6.45, 7) is 4.26. The molecule has 0 heterocycles. The Balaban J connectivity index is 2.24. The second-order valence-corrected chi connectivity index (χ2v) is 8.77. The zero-order chi connectivity index (χ0) is 15.7. The fourth-order valence-electron chi connectivity index (χ4n) is 2.78. The molecule has 0 aromatic heterocycles. The maximum atomic E-state index is 12.6. The zero-order valence-corrected chi connectivity index (χ0v) is 15.1. The van der Waals surface area contributed by atoms with Crippen LogP contribution in [-0.2, 0) is 10.0 Å². The SMILES string of the molecule is COc1ccc(S(=O)(=O)NC2CCCCC2(C)C)cc1Br. The first kappa shape index (κ1) is 16.8. The molecular weight excluding hydrogens is 354 g/mol. The van der Waals surface area contributed by atoms with Crippen molar-refractivity contribution in [3.05, 3.63) is 22.7 Å². The van der Waals surface area contributed by atoms with E-state index in [1.165, 1.54) is 6.42 Å². The van der Waals surface area contributed by atoms with E-state index in [4.69, 9.17) is 4.74 Å². The van der Waals surface area contributed by atoms with Crippen LogP contribution >= 0.6 is 15.9 Å². The summed E-state index contributed by atoms with van der Waals surface area (Å²) in [6, 6.07) is 4.79. The number of benzene rings is 1. The van der Waals surface area contributed by atoms with Crippen molar-refractivity contribution in [1.29, 1.82) is 0 Å². The predicted octanol–water partition coefficient (Wildman–Crippen LogP) is 3.70. The lowest BCUT2D eigenvalue weighted by molar-refractivity contribution is 0.188. The highest BCUT2D eigenvalue weighted by molar-refractivity contribution is 9.10. The van der Waals surface area contributed by atoms with Gasteiger partial charge in [-0.05, 0) is 52.4 Å². The van der Waals surface area contributed by atoms with Crippen molar-refractivity contribution in [2.24, 2.45) is 5.41 Å². The lowest BCUT2D eigenvalue weighted by atomic mass is 9.74. The molecule has 1 aliphatic carbocycles. The van der Waals surface area contributed by atoms with Crippen molar-refractivity contribution in [2.45, 2.75) is 50.5 Å². The van der Waals surface area contributed by atoms with Crippen LogP contribution in [0.25, 0.3) is 0 Å². The summed E-state index contributed by atoms with van der Waals surface area (Å²) in [5, 5.41) is 0. The van der Waals surface area contributed by atoms with E-state index in [-0.39, 0.29) is 16.4 Å². The second kappa shape index (κ2) is 6.26. The van der Waals surface area contributed by atoms with E-state index < -0.39 is 10.0 Å². The Labute approximate surface area is 135 Å². The molecule has 1 saturated carbocycles. The Bertz CT molecular complexity index is 613. The minimum Gasteiger partial charge on any atom is -0.496 e. The summed E-state index contributed by atoms with van der Waals surface area (Å²) < 4.78 is 33.8. The molecule has 1 atom stereocenters. The van der Waals surface area contributed by atoms with Gasteiger partial charge in [-0.3, -0.25) is 0 Å². The summed E-state index contributed by atoms with van der Waals surface area (Å²) in [7, 11) is -1.96. The van der Waals surface area contributed by atoms with E-state index in [0.717, 1.165) is 19.3 Å². The first-order chi connectivity index (χ1) is 9.76. The number of hydrogen-bond acceptors (Lipinski definition) is 3. The van der Waals surface area contributed by atoms with Gasteiger partial charge < -0.3 is 4.74 Å². The van der Waals surface area contributed by atoms with Gasteiger partial charge in [-0.15, -0.1) is 0 Å². The van der Waals surface area contributed by atoms with Crippen molar-refractivity contribution in [1.82, 2.24) is 4.72 Å². The van der Waals surface area contributed by atoms with E-state index >= 15 is 0 Å². The monoisotopic (exact) mass is 375 g/mol. The van der Waals surface area contributed by atoms with Gasteiger partial charge in [0.15, 0.2) is 0 Å². The first-order valence-corrected chi connectivity index (χ1v) is 9.40. The van der Waals surface area contributed by atoms with E-state index in [1.54, 1.807) is 25.3 Å². The molecule has 1 fully saturated rings. The van der Waals surface area contributed by atoms with Gasteiger partial charge in [-0.2, -0.15) is 0 Å². The van der Waals surface area contributed by atoms with E-state index in [9.17, 15) is 8.42 Å². The van der Waals surface area contributed by atoms with E-state index in [2.05, 4.69) is 34.5 Å². The van der Waals surface area contributed by atoms with Crippen molar-refractivity contribution in [3.8, 4) is 5.75 Å². The molecule has 2 rings (SSSR count). The van der Waals surface area contributed by atoms with Crippen LogP contribution in [0.2, 0.25) is 0 Å². The lowest BCUT2D eigenvalue weighted by Crippen LogP contribution is -2.46. The Hall–Kier alpha value is -0.590. The third-order valence-electron chi connectivity index (χ3n) is 4.24. The highest BCUT2D eigenvalue weighted by Crippen LogP contribution is 2.36. The summed E-state index contributed by atoms with van der Waals surface area (Å²) in [5.74, 6) is 0.618. The third kappa shape index (κ3) is 3.79. The van der Waals surface area contributed by atoms with Crippen molar-refractivity contribution in [2.75, 3.05) is 7.11 Å². The van der Waals surface area contributed by atoms with Crippen LogP contribution in [0.4, 0.5) is 0 Å². The summed E-state index contributed by atoms with van der Waals surface area (Å²) in [4.78, 5) is 0.261. The van der Waals surface area contributed by atoms with Crippen LogP contribution in [0.15, 0.2) is 27.6 Å². The van der Waals surface area contributed by atoms with Gasteiger partial charge in [0.2, 0.25) is 10.0 Å². The summed E-state index contributed by atoms with van der Waals surface area (Å²) in [6.07, 6.45) is 4.18. The lowest BCUT2D eigenvalue weighted by Gasteiger charge is -2.38. The second-order valence-electron chi connectivity index (χ2n) is 6.20. The Kier molecular flexibility index (Phi) is 5.00. The van der Waals surface area contributed by atoms with Gasteiger partial charge in [0.25, 0.3) is 0 Å². The minimum absolute atomic E-state index is 0.00494. The van der Waals surface area contributed by atoms with Crippen LogP contribution in [0.1, 0.15) is 39.5 Å². The minimum atomic E-state index is -3.51. The van der Waals surface area contributed by atoms with Gasteiger partial charge >= 0.3 is 0 Å². The highest BCUT2D eigenvalue weighted by Gasteiger charge is 2.35. The largest absolute Gasteiger partial charge is 0.496 e. The fourth-order valence-corrected chi connectivity index (χ4v) is 4.94. The standard InChI is InChI=1S/C15H22BrNO3S/c1-15(2)9-5-4-6-14(15)17-21(18,19)11-7-8-13(20-3)12(16)10-11/h7-8,10,14,17H,4-6,9H2,1-3H3. The van der Waals surface area contributed by atoms with Gasteiger partial charge in [-0.1, -0.05) is 26.7 Å². The molecule has 1 aromatic carbocycles. The molecule has 0 saturated heterocycles. The topological polar surface area (TPSA) is 55.4 Å². The molecule has 1 unspecified atom stereocenters. The molecule has 0 aliphatic heterocycles. The average Bonchev–Trinajstić information content (AvgIpc) is 2.41. The van der Waals surface area contributed by atoms with Crippen molar-refractivity contribution in [3.63, 3.8) is 0 Å². The Morgan fingerprint density at radius 2 is 2.05 bits per heavy atom. The van der Waals surface area contributed by atoms with Crippen LogP contribution in [0.3, 0.4) is 0 Å². The molecule has 0 radical (unpaired) electrons. The summed E-state index contributed by atoms with van der Waals surface area (Å²) >= 11 is 3.33. The Morgan fingerprint density at radius 1 is 1.33 bits per heavy atom. The smallest absolute Gasteiger partial charge is 0.240 e. The average molecular weight is 376 g/mol. The number of nitrogens with one attached hydrogen (secondary N) is 1. The van der Waals surface area contributed by atoms with Crippen molar-refractivity contribution < 1.29 is 13.2 Å². The number of sulfonamides is 1. The normalized spacial score (nSPS) is 22.0. The van der Waals surface area contributed by atoms with Crippen LogP contribution in [0, 0.1) is 5.41 Å². The molecule has 1 aromatic rings. The molecular formula is C15H22BrNO3S.